The molecule has 158 valence electrons. The van der Waals surface area contributed by atoms with Crippen LogP contribution in [0.3, 0.4) is 0 Å². The number of nitrogens with zero attached hydrogens (tertiary/aromatic N) is 2. The maximum atomic E-state index is 12.0. The van der Waals surface area contributed by atoms with E-state index in [2.05, 4.69) is 29.7 Å². The first-order valence-electron chi connectivity index (χ1n) is 9.42. The van der Waals surface area contributed by atoms with Crippen molar-refractivity contribution in [3.8, 4) is 11.3 Å². The normalized spacial score (nSPS) is 10.9. The van der Waals surface area contributed by atoms with Gasteiger partial charge in [0.2, 0.25) is 0 Å². The second kappa shape index (κ2) is 9.49. The molecule has 0 saturated carbocycles. The van der Waals surface area contributed by atoms with E-state index in [0.29, 0.717) is 28.7 Å². The van der Waals surface area contributed by atoms with Gasteiger partial charge in [-0.1, -0.05) is 38.1 Å². The molecule has 0 radical (unpaired) electrons. The lowest BCUT2D eigenvalue weighted by atomic mass is 10.0. The summed E-state index contributed by atoms with van der Waals surface area (Å²) < 4.78 is 5.55. The van der Waals surface area contributed by atoms with E-state index in [0.717, 1.165) is 5.56 Å². The molecule has 0 fully saturated rings. The van der Waals surface area contributed by atoms with Crippen LogP contribution in [0.1, 0.15) is 31.1 Å². The van der Waals surface area contributed by atoms with Crippen LogP contribution in [-0.2, 0) is 9.59 Å². The minimum atomic E-state index is -0.936. The largest absolute Gasteiger partial charge is 0.455 e. The minimum Gasteiger partial charge on any atom is -0.455 e. The summed E-state index contributed by atoms with van der Waals surface area (Å²) in [6, 6.07) is 16.4. The summed E-state index contributed by atoms with van der Waals surface area (Å²) in [5, 5.41) is 17.1. The van der Waals surface area contributed by atoms with E-state index in [9.17, 15) is 19.7 Å². The van der Waals surface area contributed by atoms with Gasteiger partial charge in [0.1, 0.15) is 11.5 Å². The highest BCUT2D eigenvalue weighted by atomic mass is 16.6. The van der Waals surface area contributed by atoms with Crippen LogP contribution in [0.25, 0.3) is 11.3 Å². The zero-order valence-electron chi connectivity index (χ0n) is 16.9. The van der Waals surface area contributed by atoms with Gasteiger partial charge in [0, 0.05) is 23.4 Å². The van der Waals surface area contributed by atoms with Gasteiger partial charge < -0.3 is 9.73 Å². The van der Waals surface area contributed by atoms with E-state index in [1.165, 1.54) is 18.3 Å². The van der Waals surface area contributed by atoms with Crippen LogP contribution < -0.4 is 10.7 Å². The molecule has 3 rings (SSSR count). The quantitative estimate of drug-likeness (QED) is 0.269. The fraction of sp³-hybridized carbons (Fsp3) is 0.136. The van der Waals surface area contributed by atoms with Crippen LogP contribution in [0.2, 0.25) is 0 Å². The molecule has 3 aromatic rings. The lowest BCUT2D eigenvalue weighted by Gasteiger charge is -2.07. The van der Waals surface area contributed by atoms with Gasteiger partial charge in [-0.25, -0.2) is 5.43 Å². The first-order chi connectivity index (χ1) is 14.8. The van der Waals surface area contributed by atoms with E-state index < -0.39 is 16.7 Å². The predicted octanol–water partition coefficient (Wildman–Crippen LogP) is 4.07. The number of nitrogens with one attached hydrogen (secondary N) is 2. The summed E-state index contributed by atoms with van der Waals surface area (Å²) in [5.74, 6) is -0.729. The Balaban J connectivity index is 1.56. The summed E-state index contributed by atoms with van der Waals surface area (Å²) >= 11 is 0. The maximum Gasteiger partial charge on any atom is 0.329 e. The van der Waals surface area contributed by atoms with Crippen LogP contribution in [-0.4, -0.2) is 23.0 Å². The molecule has 1 aromatic heterocycles. The SMILES string of the molecule is CC(C)c1ccc(NC(=O)C(=O)N/N=C/c2ccc(-c3cccc([N+](=O)[O-])c3)o2)cc1. The van der Waals surface area contributed by atoms with Crippen molar-refractivity contribution in [1.82, 2.24) is 5.43 Å². The zero-order valence-corrected chi connectivity index (χ0v) is 16.9. The molecule has 9 heteroatoms. The number of hydrogen-bond donors (Lipinski definition) is 2. The van der Waals surface area contributed by atoms with Crippen molar-refractivity contribution in [2.75, 3.05) is 5.32 Å². The van der Waals surface area contributed by atoms with Crippen molar-refractivity contribution in [3.63, 3.8) is 0 Å². The maximum absolute atomic E-state index is 12.0. The fourth-order valence-electron chi connectivity index (χ4n) is 2.69. The molecule has 9 nitrogen and oxygen atoms in total. The number of rotatable bonds is 6. The van der Waals surface area contributed by atoms with Gasteiger partial charge >= 0.3 is 11.8 Å². The Morgan fingerprint density at radius 1 is 1.06 bits per heavy atom. The Morgan fingerprint density at radius 2 is 1.81 bits per heavy atom. The molecule has 0 bridgehead atoms. The minimum absolute atomic E-state index is 0.0544. The van der Waals surface area contributed by atoms with E-state index >= 15 is 0 Å². The zero-order chi connectivity index (χ0) is 22.4. The molecule has 2 amide bonds. The molecule has 0 saturated heterocycles. The molecule has 2 aromatic carbocycles. The Kier molecular flexibility index (Phi) is 6.56. The van der Waals surface area contributed by atoms with E-state index in [4.69, 9.17) is 4.42 Å². The number of carbonyl (C=O) groups is 2. The summed E-state index contributed by atoms with van der Waals surface area (Å²) in [6.07, 6.45) is 1.23. The fourth-order valence-corrected chi connectivity index (χ4v) is 2.69. The van der Waals surface area contributed by atoms with Crippen LogP contribution in [0.15, 0.2) is 70.2 Å². The topological polar surface area (TPSA) is 127 Å². The number of hydrogen-bond acceptors (Lipinski definition) is 6. The number of benzene rings is 2. The van der Waals surface area contributed by atoms with Crippen LogP contribution in [0.5, 0.6) is 0 Å². The molecule has 0 unspecified atom stereocenters. The van der Waals surface area contributed by atoms with E-state index in [-0.39, 0.29) is 5.69 Å². The van der Waals surface area contributed by atoms with Gasteiger partial charge in [-0.15, -0.1) is 0 Å². The van der Waals surface area contributed by atoms with E-state index in [1.807, 2.05) is 12.1 Å². The molecule has 0 aliphatic carbocycles. The van der Waals surface area contributed by atoms with Gasteiger partial charge in [-0.2, -0.15) is 5.10 Å². The lowest BCUT2D eigenvalue weighted by Crippen LogP contribution is -2.32. The molecule has 31 heavy (non-hydrogen) atoms. The Bertz CT molecular complexity index is 1130. The second-order valence-electron chi connectivity index (χ2n) is 6.94. The van der Waals surface area contributed by atoms with Crippen molar-refractivity contribution in [2.24, 2.45) is 5.10 Å². The van der Waals surface area contributed by atoms with E-state index in [1.54, 1.807) is 36.4 Å². The number of carbonyl (C=O) groups excluding carboxylic acids is 2. The third-order valence-electron chi connectivity index (χ3n) is 4.37. The Hall–Kier alpha value is -4.27. The standard InChI is InChI=1S/C22H20N4O5/c1-14(2)15-6-8-17(9-7-15)24-21(27)22(28)25-23-13-19-10-11-20(31-19)16-4-3-5-18(12-16)26(29)30/h3-14H,1-2H3,(H,24,27)(H,25,28)/b23-13+. The number of anilines is 1. The summed E-state index contributed by atoms with van der Waals surface area (Å²) in [4.78, 5) is 34.3. The summed E-state index contributed by atoms with van der Waals surface area (Å²) in [7, 11) is 0. The number of nitro groups is 1. The van der Waals surface area contributed by atoms with Crippen molar-refractivity contribution < 1.29 is 18.9 Å². The molecule has 0 aliphatic rings. The Labute approximate surface area is 177 Å². The highest BCUT2D eigenvalue weighted by Gasteiger charge is 2.13. The average Bonchev–Trinajstić information content (AvgIpc) is 3.23. The van der Waals surface area contributed by atoms with Gasteiger partial charge in [0.05, 0.1) is 11.1 Å². The summed E-state index contributed by atoms with van der Waals surface area (Å²) in [6.45, 7) is 4.12. The molecule has 1 heterocycles. The highest BCUT2D eigenvalue weighted by Crippen LogP contribution is 2.25. The summed E-state index contributed by atoms with van der Waals surface area (Å²) in [5.41, 5.74) is 4.22. The first-order valence-corrected chi connectivity index (χ1v) is 9.42. The number of hydrazone groups is 1. The molecular weight excluding hydrogens is 400 g/mol. The molecular formula is C22H20N4O5. The lowest BCUT2D eigenvalue weighted by molar-refractivity contribution is -0.384. The smallest absolute Gasteiger partial charge is 0.329 e. The molecule has 0 spiro atoms. The first kappa shape index (κ1) is 21.4. The van der Waals surface area contributed by atoms with Gasteiger partial charge in [-0.05, 0) is 35.7 Å². The van der Waals surface area contributed by atoms with Gasteiger partial charge in [0.25, 0.3) is 5.69 Å². The third-order valence-corrected chi connectivity index (χ3v) is 4.37. The van der Waals surface area contributed by atoms with Crippen LogP contribution >= 0.6 is 0 Å². The monoisotopic (exact) mass is 420 g/mol. The van der Waals surface area contributed by atoms with Crippen molar-refractivity contribution in [3.05, 3.63) is 82.1 Å². The van der Waals surface area contributed by atoms with Crippen molar-refractivity contribution in [1.29, 1.82) is 0 Å². The third kappa shape index (κ3) is 5.63. The number of non-ortho nitro benzene ring substituents is 1. The molecule has 0 aliphatic heterocycles. The Morgan fingerprint density at radius 3 is 2.48 bits per heavy atom. The number of amides is 2. The van der Waals surface area contributed by atoms with Crippen LogP contribution in [0.4, 0.5) is 11.4 Å². The molecule has 2 N–H and O–H groups in total. The molecule has 0 atom stereocenters. The van der Waals surface area contributed by atoms with Crippen LogP contribution in [0, 0.1) is 10.1 Å². The van der Waals surface area contributed by atoms with Crippen molar-refractivity contribution >= 4 is 29.4 Å². The van der Waals surface area contributed by atoms with Gasteiger partial charge in [0.15, 0.2) is 0 Å². The second-order valence-corrected chi connectivity index (χ2v) is 6.94. The van der Waals surface area contributed by atoms with Gasteiger partial charge in [-0.3, -0.25) is 19.7 Å². The van der Waals surface area contributed by atoms with Crippen molar-refractivity contribution in [2.45, 2.75) is 19.8 Å². The number of nitro benzene ring substituents is 1. The predicted molar refractivity (Wildman–Crippen MR) is 116 cm³/mol. The highest BCUT2D eigenvalue weighted by molar-refractivity contribution is 6.39. The number of furan rings is 1. The average molecular weight is 420 g/mol.